The van der Waals surface area contributed by atoms with Gasteiger partial charge in [0.1, 0.15) is 29.0 Å². The van der Waals surface area contributed by atoms with Crippen molar-refractivity contribution < 1.29 is 23.5 Å². The van der Waals surface area contributed by atoms with Crippen LogP contribution in [0.1, 0.15) is 37.9 Å². The normalized spacial score (nSPS) is 18.0. The molecule has 12 heteroatoms. The van der Waals surface area contributed by atoms with Crippen LogP contribution in [0.3, 0.4) is 0 Å². The van der Waals surface area contributed by atoms with Crippen LogP contribution < -0.4 is 15.4 Å². The Morgan fingerprint density at radius 1 is 1.11 bits per heavy atom. The summed E-state index contributed by atoms with van der Waals surface area (Å²) < 4.78 is 32.5. The molecule has 0 bridgehead atoms. The van der Waals surface area contributed by atoms with E-state index < -0.39 is 46.1 Å². The van der Waals surface area contributed by atoms with Crippen LogP contribution >= 0.6 is 0 Å². The van der Waals surface area contributed by atoms with Gasteiger partial charge in [-0.2, -0.15) is 0 Å². The first-order valence-electron chi connectivity index (χ1n) is 14.6. The zero-order valence-electron chi connectivity index (χ0n) is 25.5. The van der Waals surface area contributed by atoms with E-state index in [2.05, 4.69) is 16.5 Å². The summed E-state index contributed by atoms with van der Waals surface area (Å²) in [6.07, 6.45) is 2.81. The van der Waals surface area contributed by atoms with Gasteiger partial charge in [0.2, 0.25) is 5.91 Å². The molecule has 1 N–H and O–H groups in total. The highest BCUT2D eigenvalue weighted by Crippen LogP contribution is 2.43. The molecule has 232 valence electrons. The lowest BCUT2D eigenvalue weighted by Gasteiger charge is -2.49. The molecule has 6 rings (SSSR count). The molecule has 1 aromatic carbocycles. The number of likely N-dealkylation sites (N-methyl/N-ethyl adjacent to an activating group) is 1. The Balaban J connectivity index is 1.76. The van der Waals surface area contributed by atoms with Gasteiger partial charge in [-0.3, -0.25) is 23.9 Å². The van der Waals surface area contributed by atoms with Gasteiger partial charge in [-0.15, -0.1) is 0 Å². The summed E-state index contributed by atoms with van der Waals surface area (Å²) in [5.74, 6) is -3.24. The largest absolute Gasteiger partial charge is 0.507 e. The molecular formula is C33H32F2N6O4. The molecule has 2 aliphatic rings. The number of aromatic hydroxyl groups is 1. The summed E-state index contributed by atoms with van der Waals surface area (Å²) in [5, 5.41) is 10.8. The second-order valence-corrected chi connectivity index (χ2v) is 11.8. The number of phenolic OH excluding ortho intramolecular Hbond substituents is 1. The third-order valence-corrected chi connectivity index (χ3v) is 8.64. The number of phenols is 1. The predicted molar refractivity (Wildman–Crippen MR) is 167 cm³/mol. The van der Waals surface area contributed by atoms with E-state index in [0.717, 1.165) is 12.1 Å². The fourth-order valence-corrected chi connectivity index (χ4v) is 6.45. The smallest absolute Gasteiger partial charge is 0.283 e. The van der Waals surface area contributed by atoms with Crippen molar-refractivity contribution in [1.29, 1.82) is 0 Å². The Morgan fingerprint density at radius 3 is 2.51 bits per heavy atom. The number of aromatic nitrogens is 3. The maximum Gasteiger partial charge on any atom is 0.283 e. The molecule has 2 amide bonds. The van der Waals surface area contributed by atoms with E-state index in [1.807, 2.05) is 20.8 Å². The molecule has 0 saturated carbocycles. The number of hydrogen-bond donors (Lipinski definition) is 1. The van der Waals surface area contributed by atoms with Crippen LogP contribution in [0.2, 0.25) is 0 Å². The topological polar surface area (TPSA) is 112 Å². The molecule has 0 unspecified atom stereocenters. The molecule has 45 heavy (non-hydrogen) atoms. The van der Waals surface area contributed by atoms with Gasteiger partial charge in [0.25, 0.3) is 11.5 Å². The first kappa shape index (κ1) is 29.9. The minimum absolute atomic E-state index is 0.00504. The van der Waals surface area contributed by atoms with E-state index in [0.29, 0.717) is 16.9 Å². The molecule has 0 aliphatic carbocycles. The van der Waals surface area contributed by atoms with E-state index in [1.54, 1.807) is 29.0 Å². The van der Waals surface area contributed by atoms with E-state index in [4.69, 9.17) is 0 Å². The SMILES string of the molecule is C=CC(=O)N1C[C@@H]2C(=O)N(C)c3c(c4cc(F)c(-c5c(O)cccc5F)nc4n(-c4c(C)ccnc4C(C)C)c3=O)N2C[C@H]1C. The van der Waals surface area contributed by atoms with E-state index in [1.165, 1.54) is 34.7 Å². The average Bonchev–Trinajstić information content (AvgIpc) is 2.99. The number of hydrogen-bond acceptors (Lipinski definition) is 7. The molecule has 0 spiro atoms. The number of fused-ring (bicyclic) bond motifs is 5. The Labute approximate surface area is 257 Å². The lowest BCUT2D eigenvalue weighted by molar-refractivity contribution is -0.130. The Morgan fingerprint density at radius 2 is 1.84 bits per heavy atom. The molecule has 5 heterocycles. The maximum absolute atomic E-state index is 16.1. The summed E-state index contributed by atoms with van der Waals surface area (Å²) >= 11 is 0. The van der Waals surface area contributed by atoms with Crippen molar-refractivity contribution in [3.63, 3.8) is 0 Å². The number of rotatable bonds is 4. The summed E-state index contributed by atoms with van der Waals surface area (Å²) in [4.78, 5) is 54.8. The number of carbonyl (C=O) groups excluding carboxylic acids is 2. The summed E-state index contributed by atoms with van der Waals surface area (Å²) in [7, 11) is 1.47. The number of halogens is 2. The highest BCUT2D eigenvalue weighted by atomic mass is 19.1. The highest BCUT2D eigenvalue weighted by molar-refractivity contribution is 6.12. The lowest BCUT2D eigenvalue weighted by atomic mass is 9.98. The van der Waals surface area contributed by atoms with Crippen LogP contribution in [-0.2, 0) is 9.59 Å². The quantitative estimate of drug-likeness (QED) is 0.339. The van der Waals surface area contributed by atoms with Crippen molar-refractivity contribution >= 4 is 34.2 Å². The van der Waals surface area contributed by atoms with Crippen LogP contribution in [0.4, 0.5) is 20.2 Å². The van der Waals surface area contributed by atoms with Gasteiger partial charge in [0, 0.05) is 31.2 Å². The molecule has 1 fully saturated rings. The highest BCUT2D eigenvalue weighted by Gasteiger charge is 2.46. The van der Waals surface area contributed by atoms with Crippen LogP contribution in [0.5, 0.6) is 5.75 Å². The van der Waals surface area contributed by atoms with Crippen molar-refractivity contribution in [2.45, 2.75) is 45.7 Å². The number of benzene rings is 1. The standard InChI is InChI=1S/C33H32F2N6O4/c1-7-24(43)39-15-22-32(44)38(6)30-29(40(22)14-18(39)5)19-13-21(35)27(25-20(34)9-8-10-23(25)42)37-31(19)41(33(30)45)28-17(4)11-12-36-26(28)16(2)3/h7-13,16,18,22,42H,1,14-15H2,2-6H3/t18-,22-/m1/s1. The van der Waals surface area contributed by atoms with Crippen LogP contribution in [0, 0.1) is 18.6 Å². The predicted octanol–water partition coefficient (Wildman–Crippen LogP) is 4.43. The molecule has 4 aromatic rings. The van der Waals surface area contributed by atoms with Gasteiger partial charge in [-0.25, -0.2) is 13.8 Å². The van der Waals surface area contributed by atoms with Crippen LogP contribution in [0.25, 0.3) is 28.0 Å². The molecule has 3 aromatic heterocycles. The lowest BCUT2D eigenvalue weighted by Crippen LogP contribution is -2.66. The van der Waals surface area contributed by atoms with E-state index in [9.17, 15) is 19.5 Å². The number of carbonyl (C=O) groups is 2. The number of nitrogens with zero attached hydrogens (tertiary/aromatic N) is 6. The number of pyridine rings is 3. The molecule has 0 radical (unpaired) electrons. The molecule has 1 saturated heterocycles. The van der Waals surface area contributed by atoms with Crippen LogP contribution in [0.15, 0.2) is 54.0 Å². The molecular weight excluding hydrogens is 582 g/mol. The van der Waals surface area contributed by atoms with Crippen molar-refractivity contribution in [1.82, 2.24) is 19.4 Å². The van der Waals surface area contributed by atoms with Gasteiger partial charge in [-0.05, 0) is 55.7 Å². The van der Waals surface area contributed by atoms with Gasteiger partial charge < -0.3 is 19.8 Å². The minimum Gasteiger partial charge on any atom is -0.507 e. The molecule has 10 nitrogen and oxygen atoms in total. The number of piperazine rings is 1. The number of amides is 2. The first-order valence-corrected chi connectivity index (χ1v) is 14.6. The van der Waals surface area contributed by atoms with Gasteiger partial charge in [0.05, 0.1) is 29.2 Å². The Bertz CT molecular complexity index is 1970. The summed E-state index contributed by atoms with van der Waals surface area (Å²) in [5.41, 5.74) is 0.393. The van der Waals surface area contributed by atoms with Crippen molar-refractivity contribution in [2.75, 3.05) is 29.9 Å². The fraction of sp³-hybridized carbons (Fsp3) is 0.303. The Hall–Kier alpha value is -5.13. The second-order valence-electron chi connectivity index (χ2n) is 11.8. The zero-order valence-corrected chi connectivity index (χ0v) is 25.5. The zero-order chi connectivity index (χ0) is 32.5. The fourth-order valence-electron chi connectivity index (χ4n) is 6.45. The van der Waals surface area contributed by atoms with E-state index >= 15 is 8.78 Å². The van der Waals surface area contributed by atoms with Gasteiger partial charge >= 0.3 is 0 Å². The monoisotopic (exact) mass is 614 g/mol. The first-order chi connectivity index (χ1) is 21.4. The summed E-state index contributed by atoms with van der Waals surface area (Å²) in [6, 6.07) is 5.24. The van der Waals surface area contributed by atoms with Gasteiger partial charge in [-0.1, -0.05) is 26.5 Å². The average molecular weight is 615 g/mol. The minimum atomic E-state index is -0.938. The summed E-state index contributed by atoms with van der Waals surface area (Å²) in [6.45, 7) is 11.2. The third kappa shape index (κ3) is 4.46. The van der Waals surface area contributed by atoms with Crippen LogP contribution in [-0.4, -0.2) is 68.6 Å². The number of anilines is 2. The van der Waals surface area contributed by atoms with E-state index in [-0.39, 0.29) is 53.4 Å². The van der Waals surface area contributed by atoms with Crippen molar-refractivity contribution in [3.05, 3.63) is 82.4 Å². The maximum atomic E-state index is 16.1. The van der Waals surface area contributed by atoms with Crippen molar-refractivity contribution in [2.24, 2.45) is 0 Å². The second kappa shape index (κ2) is 10.8. The van der Waals surface area contributed by atoms with Gasteiger partial charge in [0.15, 0.2) is 11.5 Å². The third-order valence-electron chi connectivity index (χ3n) is 8.64. The Kier molecular flexibility index (Phi) is 7.18. The van der Waals surface area contributed by atoms with Crippen molar-refractivity contribution in [3.8, 4) is 22.7 Å². The molecule has 2 atom stereocenters. The molecule has 2 aliphatic heterocycles. The number of aryl methyl sites for hydroxylation is 1.